The van der Waals surface area contributed by atoms with Gasteiger partial charge in [0.15, 0.2) is 0 Å². The summed E-state index contributed by atoms with van der Waals surface area (Å²) in [6.07, 6.45) is 3.57. The van der Waals surface area contributed by atoms with E-state index in [0.29, 0.717) is 10.1 Å². The van der Waals surface area contributed by atoms with Gasteiger partial charge in [-0.25, -0.2) is 4.79 Å². The summed E-state index contributed by atoms with van der Waals surface area (Å²) in [4.78, 5) is 24.5. The highest BCUT2D eigenvalue weighted by Gasteiger charge is 2.00. The van der Waals surface area contributed by atoms with Gasteiger partial charge in [-0.1, -0.05) is 13.3 Å². The molecule has 0 unspecified atom stereocenters. The van der Waals surface area contributed by atoms with Crippen molar-refractivity contribution in [3.05, 3.63) is 30.6 Å². The summed E-state index contributed by atoms with van der Waals surface area (Å²) >= 11 is 1.91. The third-order valence-corrected chi connectivity index (χ3v) is 2.49. The molecule has 1 heterocycles. The van der Waals surface area contributed by atoms with Gasteiger partial charge in [-0.05, 0) is 29.0 Å². The third kappa shape index (κ3) is 2.68. The lowest BCUT2D eigenvalue weighted by molar-refractivity contribution is 0.594. The fourth-order valence-corrected chi connectivity index (χ4v) is 1.45. The van der Waals surface area contributed by atoms with Crippen LogP contribution in [0.3, 0.4) is 0 Å². The highest BCUT2D eigenvalue weighted by atomic mass is 127. The highest BCUT2D eigenvalue weighted by molar-refractivity contribution is 14.1. The Labute approximate surface area is 89.1 Å². The molecule has 0 amide bonds. The van der Waals surface area contributed by atoms with Crippen LogP contribution in [-0.2, 0) is 6.54 Å². The first-order valence-electron chi connectivity index (χ1n) is 4.14. The van der Waals surface area contributed by atoms with Crippen LogP contribution in [0.1, 0.15) is 19.8 Å². The van der Waals surface area contributed by atoms with Gasteiger partial charge in [0, 0.05) is 12.7 Å². The topological polar surface area (TPSA) is 54.9 Å². The molecule has 72 valence electrons. The largest absolute Gasteiger partial charge is 0.328 e. The molecule has 1 aromatic heterocycles. The number of hydrogen-bond donors (Lipinski definition) is 1. The molecule has 0 saturated heterocycles. The van der Waals surface area contributed by atoms with Crippen LogP contribution in [0.15, 0.2) is 15.8 Å². The summed E-state index contributed by atoms with van der Waals surface area (Å²) in [6.45, 7) is 2.73. The normalized spacial score (nSPS) is 10.3. The SMILES string of the molecule is CCCCn1cc(I)c(=O)[nH]c1=O. The smallest absolute Gasteiger partial charge is 0.300 e. The van der Waals surface area contributed by atoms with Crippen LogP contribution in [0.4, 0.5) is 0 Å². The monoisotopic (exact) mass is 294 g/mol. The van der Waals surface area contributed by atoms with E-state index in [1.165, 1.54) is 4.57 Å². The van der Waals surface area contributed by atoms with E-state index in [-0.39, 0.29) is 11.2 Å². The van der Waals surface area contributed by atoms with Gasteiger partial charge in [0.2, 0.25) is 0 Å². The molecule has 1 N–H and O–H groups in total. The molecule has 0 radical (unpaired) electrons. The van der Waals surface area contributed by atoms with E-state index in [1.54, 1.807) is 6.20 Å². The minimum atomic E-state index is -0.320. The number of nitrogens with zero attached hydrogens (tertiary/aromatic N) is 1. The van der Waals surface area contributed by atoms with E-state index in [9.17, 15) is 9.59 Å². The maximum atomic E-state index is 11.2. The lowest BCUT2D eigenvalue weighted by Crippen LogP contribution is -2.30. The molecule has 0 aliphatic rings. The van der Waals surface area contributed by atoms with E-state index in [4.69, 9.17) is 0 Å². The molecule has 0 aliphatic carbocycles. The molecule has 4 nitrogen and oxygen atoms in total. The number of nitrogens with one attached hydrogen (secondary N) is 1. The Kier molecular flexibility index (Phi) is 3.71. The Balaban J connectivity index is 3.02. The van der Waals surface area contributed by atoms with E-state index in [0.717, 1.165) is 12.8 Å². The van der Waals surface area contributed by atoms with E-state index in [1.807, 2.05) is 22.6 Å². The number of unbranched alkanes of at least 4 members (excludes halogenated alkanes) is 1. The summed E-state index contributed by atoms with van der Waals surface area (Å²) < 4.78 is 2.08. The van der Waals surface area contributed by atoms with E-state index in [2.05, 4.69) is 11.9 Å². The van der Waals surface area contributed by atoms with Crippen molar-refractivity contribution in [1.82, 2.24) is 9.55 Å². The summed E-state index contributed by atoms with van der Waals surface area (Å²) in [5.41, 5.74) is -0.628. The number of H-pyrrole nitrogens is 1. The van der Waals surface area contributed by atoms with Crippen LogP contribution in [-0.4, -0.2) is 9.55 Å². The van der Waals surface area contributed by atoms with E-state index >= 15 is 0 Å². The van der Waals surface area contributed by atoms with E-state index < -0.39 is 0 Å². The van der Waals surface area contributed by atoms with Crippen LogP contribution >= 0.6 is 22.6 Å². The molecule has 0 spiro atoms. The van der Waals surface area contributed by atoms with Crippen molar-refractivity contribution < 1.29 is 0 Å². The zero-order valence-electron chi connectivity index (χ0n) is 7.34. The zero-order chi connectivity index (χ0) is 9.84. The Morgan fingerprint density at radius 2 is 2.23 bits per heavy atom. The first kappa shape index (κ1) is 10.5. The summed E-state index contributed by atoms with van der Waals surface area (Å²) in [5.74, 6) is 0. The molecule has 0 saturated carbocycles. The van der Waals surface area contributed by atoms with Gasteiger partial charge >= 0.3 is 5.69 Å². The predicted molar refractivity (Wildman–Crippen MR) is 58.9 cm³/mol. The molecule has 0 bridgehead atoms. The van der Waals surface area contributed by atoms with Gasteiger partial charge in [-0.2, -0.15) is 0 Å². The van der Waals surface area contributed by atoms with Crippen LogP contribution < -0.4 is 11.2 Å². The van der Waals surface area contributed by atoms with Crippen LogP contribution in [0.2, 0.25) is 0 Å². The first-order chi connectivity index (χ1) is 6.15. The van der Waals surface area contributed by atoms with Gasteiger partial charge in [0.1, 0.15) is 0 Å². The Morgan fingerprint density at radius 3 is 2.85 bits per heavy atom. The van der Waals surface area contributed by atoms with Gasteiger partial charge in [-0.3, -0.25) is 14.3 Å². The van der Waals surface area contributed by atoms with Crippen molar-refractivity contribution in [3.8, 4) is 0 Å². The molecule has 1 rings (SSSR count). The van der Waals surface area contributed by atoms with Gasteiger partial charge in [0.25, 0.3) is 5.56 Å². The fraction of sp³-hybridized carbons (Fsp3) is 0.500. The minimum absolute atomic E-state index is 0.307. The number of aryl methyl sites for hydroxylation is 1. The fourth-order valence-electron chi connectivity index (χ4n) is 0.977. The molecular weight excluding hydrogens is 283 g/mol. The van der Waals surface area contributed by atoms with Crippen LogP contribution in [0.5, 0.6) is 0 Å². The first-order valence-corrected chi connectivity index (χ1v) is 5.22. The summed E-state index contributed by atoms with van der Waals surface area (Å²) in [7, 11) is 0. The maximum absolute atomic E-state index is 11.2. The summed E-state index contributed by atoms with van der Waals surface area (Å²) in [5, 5.41) is 0. The van der Waals surface area contributed by atoms with Crippen molar-refractivity contribution in [2.24, 2.45) is 0 Å². The van der Waals surface area contributed by atoms with Gasteiger partial charge in [0.05, 0.1) is 3.57 Å². The van der Waals surface area contributed by atoms with Crippen molar-refractivity contribution in [3.63, 3.8) is 0 Å². The second kappa shape index (κ2) is 4.59. The molecule has 13 heavy (non-hydrogen) atoms. The Morgan fingerprint density at radius 1 is 1.54 bits per heavy atom. The highest BCUT2D eigenvalue weighted by Crippen LogP contribution is 1.95. The third-order valence-electron chi connectivity index (χ3n) is 1.72. The van der Waals surface area contributed by atoms with Gasteiger partial charge < -0.3 is 0 Å². The van der Waals surface area contributed by atoms with Crippen molar-refractivity contribution in [1.29, 1.82) is 0 Å². The molecule has 1 aromatic rings. The Bertz CT molecular complexity index is 394. The molecular formula is C8H11IN2O2. The van der Waals surface area contributed by atoms with Crippen LogP contribution in [0.25, 0.3) is 0 Å². The molecule has 0 atom stereocenters. The number of aromatic nitrogens is 2. The lowest BCUT2D eigenvalue weighted by Gasteiger charge is -2.02. The Hall–Kier alpha value is -0.590. The van der Waals surface area contributed by atoms with Crippen molar-refractivity contribution in [2.45, 2.75) is 26.3 Å². The second-order valence-electron chi connectivity index (χ2n) is 2.78. The number of rotatable bonds is 3. The average molecular weight is 294 g/mol. The number of hydrogen-bond acceptors (Lipinski definition) is 2. The van der Waals surface area contributed by atoms with Crippen LogP contribution in [0, 0.1) is 3.57 Å². The average Bonchev–Trinajstić information content (AvgIpc) is 2.09. The quantitative estimate of drug-likeness (QED) is 0.844. The minimum Gasteiger partial charge on any atom is -0.300 e. The summed E-state index contributed by atoms with van der Waals surface area (Å²) in [6, 6.07) is 0. The predicted octanol–water partition coefficient (Wildman–Crippen LogP) is 0.941. The second-order valence-corrected chi connectivity index (χ2v) is 3.95. The molecule has 5 heteroatoms. The number of aromatic amines is 1. The molecule has 0 aromatic carbocycles. The van der Waals surface area contributed by atoms with Crippen molar-refractivity contribution >= 4 is 22.6 Å². The lowest BCUT2D eigenvalue weighted by atomic mass is 10.3. The zero-order valence-corrected chi connectivity index (χ0v) is 9.50. The molecule has 0 aliphatic heterocycles. The van der Waals surface area contributed by atoms with Gasteiger partial charge in [-0.15, -0.1) is 0 Å². The number of halogens is 1. The molecule has 0 fully saturated rings. The van der Waals surface area contributed by atoms with Crippen molar-refractivity contribution in [2.75, 3.05) is 0 Å². The standard InChI is InChI=1S/C8H11IN2O2/c1-2-3-4-11-5-6(9)7(12)10-8(11)13/h5H,2-4H2,1H3,(H,10,12,13). The maximum Gasteiger partial charge on any atom is 0.328 e.